The first-order valence-electron chi connectivity index (χ1n) is 4.01. The van der Waals surface area contributed by atoms with Crippen molar-refractivity contribution in [3.05, 3.63) is 0 Å². The van der Waals surface area contributed by atoms with Gasteiger partial charge < -0.3 is 9.79 Å². The highest BCUT2D eigenvalue weighted by atomic mass is 32.5. The van der Waals surface area contributed by atoms with Gasteiger partial charge in [-0.15, -0.1) is 0 Å². The van der Waals surface area contributed by atoms with Crippen molar-refractivity contribution in [2.45, 2.75) is 46.2 Å². The van der Waals surface area contributed by atoms with E-state index in [2.05, 4.69) is 20.8 Å². The molecule has 0 saturated heterocycles. The zero-order valence-electron chi connectivity index (χ0n) is 8.46. The maximum atomic E-state index is 9.39. The fourth-order valence-electron chi connectivity index (χ4n) is 1.40. The van der Waals surface area contributed by atoms with E-state index in [-0.39, 0.29) is 5.41 Å². The highest BCUT2D eigenvalue weighted by Crippen LogP contribution is 2.54. The molecule has 0 rings (SSSR count). The maximum absolute atomic E-state index is 9.39. The van der Waals surface area contributed by atoms with E-state index in [1.54, 1.807) is 0 Å². The summed E-state index contributed by atoms with van der Waals surface area (Å²) in [4.78, 5) is 18.8. The topological polar surface area (TPSA) is 40.5 Å². The molecular formula is C8H19O2PS. The predicted molar refractivity (Wildman–Crippen MR) is 56.9 cm³/mol. The molecule has 0 aromatic heterocycles. The van der Waals surface area contributed by atoms with Gasteiger partial charge in [0.1, 0.15) is 0 Å². The van der Waals surface area contributed by atoms with Crippen LogP contribution in [0.2, 0.25) is 0 Å². The lowest BCUT2D eigenvalue weighted by molar-refractivity contribution is 0.308. The quantitative estimate of drug-likeness (QED) is 0.688. The zero-order chi connectivity index (χ0) is 10.2. The molecular weight excluding hydrogens is 191 g/mol. The predicted octanol–water partition coefficient (Wildman–Crippen LogP) is 2.50. The van der Waals surface area contributed by atoms with E-state index in [4.69, 9.17) is 11.8 Å². The second-order valence-electron chi connectivity index (χ2n) is 5.09. The lowest BCUT2D eigenvalue weighted by atomic mass is 9.86. The Morgan fingerprint density at radius 1 is 1.08 bits per heavy atom. The van der Waals surface area contributed by atoms with Crippen molar-refractivity contribution in [3.8, 4) is 0 Å². The molecule has 0 aromatic rings. The van der Waals surface area contributed by atoms with Crippen molar-refractivity contribution in [1.29, 1.82) is 0 Å². The summed E-state index contributed by atoms with van der Waals surface area (Å²) in [5.41, 5.74) is 0.0824. The maximum Gasteiger partial charge on any atom is 0.189 e. The summed E-state index contributed by atoms with van der Waals surface area (Å²) >= 11 is 4.71. The number of hydrogen-bond acceptors (Lipinski definition) is 1. The van der Waals surface area contributed by atoms with Gasteiger partial charge >= 0.3 is 0 Å². The average molecular weight is 210 g/mol. The van der Waals surface area contributed by atoms with Crippen LogP contribution >= 0.6 is 6.49 Å². The Hall–Kier alpha value is 0.570. The molecule has 74 valence electrons. The fraction of sp³-hybridized carbons (Fsp3) is 1.00. The summed E-state index contributed by atoms with van der Waals surface area (Å²) in [5, 5.41) is -0.541. The van der Waals surface area contributed by atoms with Crippen LogP contribution < -0.4 is 0 Å². The van der Waals surface area contributed by atoms with Crippen molar-refractivity contribution in [2.24, 2.45) is 5.41 Å². The number of rotatable bonds is 2. The van der Waals surface area contributed by atoms with Crippen LogP contribution in [0, 0.1) is 5.41 Å². The number of hydrogen-bond donors (Lipinski definition) is 2. The van der Waals surface area contributed by atoms with Crippen molar-refractivity contribution < 1.29 is 9.79 Å². The highest BCUT2D eigenvalue weighted by Gasteiger charge is 2.36. The SMILES string of the molecule is CC(C)(C)CC(C)(C)P(O)(O)=S. The molecule has 2 N–H and O–H groups in total. The van der Waals surface area contributed by atoms with Crippen LogP contribution in [0.1, 0.15) is 41.0 Å². The third-order valence-electron chi connectivity index (χ3n) is 1.75. The average Bonchev–Trinajstić information content (AvgIpc) is 1.52. The molecule has 0 spiro atoms. The van der Waals surface area contributed by atoms with Crippen molar-refractivity contribution in [3.63, 3.8) is 0 Å². The van der Waals surface area contributed by atoms with Crippen LogP contribution in [0.3, 0.4) is 0 Å². The van der Waals surface area contributed by atoms with Crippen LogP contribution in [0.25, 0.3) is 0 Å². The summed E-state index contributed by atoms with van der Waals surface area (Å²) in [6.45, 7) is 6.71. The summed E-state index contributed by atoms with van der Waals surface area (Å²) in [5.74, 6) is 0. The molecule has 0 aliphatic rings. The van der Waals surface area contributed by atoms with Gasteiger partial charge in [0.2, 0.25) is 0 Å². The van der Waals surface area contributed by atoms with E-state index >= 15 is 0 Å². The molecule has 0 fully saturated rings. The molecule has 0 bridgehead atoms. The standard InChI is InChI=1S/C8H19O2PS/c1-7(2,3)6-8(4,5)11(9,10)12/h6H2,1-5H3,(H2,9,10,12). The minimum Gasteiger partial charge on any atom is -0.345 e. The van der Waals surface area contributed by atoms with Crippen molar-refractivity contribution >= 4 is 18.3 Å². The van der Waals surface area contributed by atoms with Gasteiger partial charge in [-0.1, -0.05) is 34.6 Å². The first-order chi connectivity index (χ1) is 4.96. The summed E-state index contributed by atoms with van der Waals surface area (Å²) < 4.78 is 0. The monoisotopic (exact) mass is 210 g/mol. The van der Waals surface area contributed by atoms with Crippen molar-refractivity contribution in [1.82, 2.24) is 0 Å². The van der Waals surface area contributed by atoms with Crippen LogP contribution in [0.5, 0.6) is 0 Å². The van der Waals surface area contributed by atoms with E-state index in [9.17, 15) is 9.79 Å². The Morgan fingerprint density at radius 2 is 1.42 bits per heavy atom. The molecule has 2 nitrogen and oxygen atoms in total. The molecule has 12 heavy (non-hydrogen) atoms. The summed E-state index contributed by atoms with van der Waals surface area (Å²) in [6, 6.07) is 0. The first kappa shape index (κ1) is 12.6. The van der Waals surface area contributed by atoms with E-state index in [0.29, 0.717) is 0 Å². The van der Waals surface area contributed by atoms with E-state index in [1.165, 1.54) is 0 Å². The fourth-order valence-corrected chi connectivity index (χ4v) is 2.27. The molecule has 0 atom stereocenters. The van der Waals surface area contributed by atoms with Crippen LogP contribution in [0.15, 0.2) is 0 Å². The molecule has 0 aliphatic carbocycles. The van der Waals surface area contributed by atoms with Gasteiger partial charge in [0.15, 0.2) is 6.49 Å². The van der Waals surface area contributed by atoms with Crippen LogP contribution in [0.4, 0.5) is 0 Å². The minimum atomic E-state index is -3.13. The second kappa shape index (κ2) is 3.38. The molecule has 0 amide bonds. The Labute approximate surface area is 80.2 Å². The van der Waals surface area contributed by atoms with Gasteiger partial charge in [0.25, 0.3) is 0 Å². The van der Waals surface area contributed by atoms with E-state index in [0.717, 1.165) is 6.42 Å². The Balaban J connectivity index is 4.56. The van der Waals surface area contributed by atoms with Gasteiger partial charge in [-0.25, -0.2) is 0 Å². The molecule has 0 aromatic carbocycles. The van der Waals surface area contributed by atoms with Gasteiger partial charge in [0.05, 0.1) is 0 Å². The molecule has 0 aliphatic heterocycles. The highest BCUT2D eigenvalue weighted by molar-refractivity contribution is 8.09. The normalized spacial score (nSPS) is 14.9. The molecule has 0 unspecified atom stereocenters. The molecule has 0 heterocycles. The van der Waals surface area contributed by atoms with Crippen molar-refractivity contribution in [2.75, 3.05) is 0 Å². The Morgan fingerprint density at radius 3 is 1.50 bits per heavy atom. The van der Waals surface area contributed by atoms with Crippen LogP contribution in [-0.2, 0) is 11.8 Å². The summed E-state index contributed by atoms with van der Waals surface area (Å²) in [7, 11) is 0. The minimum absolute atomic E-state index is 0.0824. The van der Waals surface area contributed by atoms with Gasteiger partial charge in [-0.05, 0) is 23.6 Å². The van der Waals surface area contributed by atoms with Gasteiger partial charge in [-0.2, -0.15) is 0 Å². The lowest BCUT2D eigenvalue weighted by Gasteiger charge is -2.35. The van der Waals surface area contributed by atoms with Crippen LogP contribution in [-0.4, -0.2) is 14.9 Å². The third-order valence-corrected chi connectivity index (χ3v) is 4.97. The first-order valence-corrected chi connectivity index (χ1v) is 6.72. The van der Waals surface area contributed by atoms with E-state index < -0.39 is 11.6 Å². The lowest BCUT2D eigenvalue weighted by Crippen LogP contribution is -2.26. The Kier molecular flexibility index (Phi) is 3.54. The summed E-state index contributed by atoms with van der Waals surface area (Å²) in [6.07, 6.45) is 0.726. The molecule has 4 heteroatoms. The van der Waals surface area contributed by atoms with E-state index in [1.807, 2.05) is 13.8 Å². The molecule has 0 radical (unpaired) electrons. The molecule has 0 saturated carbocycles. The van der Waals surface area contributed by atoms with Gasteiger partial charge in [0, 0.05) is 5.16 Å². The Bertz CT molecular complexity index is 200. The largest absolute Gasteiger partial charge is 0.345 e. The zero-order valence-corrected chi connectivity index (χ0v) is 10.2. The van der Waals surface area contributed by atoms with Gasteiger partial charge in [-0.3, -0.25) is 0 Å². The smallest absolute Gasteiger partial charge is 0.189 e. The third kappa shape index (κ3) is 3.99. The second-order valence-corrected chi connectivity index (χ2v) is 8.92.